The summed E-state index contributed by atoms with van der Waals surface area (Å²) in [6.07, 6.45) is 4.76. The lowest BCUT2D eigenvalue weighted by atomic mass is 9.93. The smallest absolute Gasteiger partial charge is 0.326 e. The maximum Gasteiger partial charge on any atom is 0.328 e. The third kappa shape index (κ3) is 1.39. The average Bonchev–Trinajstić information content (AvgIpc) is 2.06. The second-order valence-electron chi connectivity index (χ2n) is 3.61. The minimum atomic E-state index is -0.368. The van der Waals surface area contributed by atoms with Crippen molar-refractivity contribution in [1.29, 1.82) is 0 Å². The monoisotopic (exact) mass is 195 g/mol. The molecule has 1 saturated carbocycles. The molecule has 3 N–H and O–H groups in total. The molecule has 1 aliphatic rings. The largest absolute Gasteiger partial charge is 0.328 e. The zero-order valence-corrected chi connectivity index (χ0v) is 7.82. The van der Waals surface area contributed by atoms with Crippen LogP contribution in [0.1, 0.15) is 30.9 Å². The molecule has 2 rings (SSSR count). The van der Waals surface area contributed by atoms with Crippen molar-refractivity contribution in [3.63, 3.8) is 0 Å². The number of H-pyrrole nitrogens is 1. The van der Waals surface area contributed by atoms with Crippen molar-refractivity contribution in [3.05, 3.63) is 32.6 Å². The predicted molar refractivity (Wildman–Crippen MR) is 52.1 cm³/mol. The van der Waals surface area contributed by atoms with Crippen LogP contribution in [0.2, 0.25) is 0 Å². The second kappa shape index (κ2) is 3.42. The van der Waals surface area contributed by atoms with Crippen molar-refractivity contribution in [1.82, 2.24) is 9.55 Å². The van der Waals surface area contributed by atoms with Gasteiger partial charge in [-0.1, -0.05) is 0 Å². The summed E-state index contributed by atoms with van der Waals surface area (Å²) in [5.41, 5.74) is 5.17. The van der Waals surface area contributed by atoms with E-state index in [4.69, 9.17) is 5.73 Å². The molecule has 0 radical (unpaired) electrons. The lowest BCUT2D eigenvalue weighted by Crippen LogP contribution is -2.36. The van der Waals surface area contributed by atoms with Gasteiger partial charge in [0, 0.05) is 24.3 Å². The van der Waals surface area contributed by atoms with Crippen molar-refractivity contribution < 1.29 is 0 Å². The maximum absolute atomic E-state index is 11.4. The van der Waals surface area contributed by atoms with Gasteiger partial charge in [0.15, 0.2) is 0 Å². The van der Waals surface area contributed by atoms with Gasteiger partial charge in [-0.05, 0) is 19.3 Å². The Bertz CT molecular complexity index is 442. The number of aromatic amines is 1. The van der Waals surface area contributed by atoms with Crippen molar-refractivity contribution >= 4 is 0 Å². The van der Waals surface area contributed by atoms with E-state index in [9.17, 15) is 9.59 Å². The maximum atomic E-state index is 11.4. The lowest BCUT2D eigenvalue weighted by molar-refractivity contribution is 0.301. The SMILES string of the molecule is NCc1cn(C2CCC2)c(=O)[nH]c1=O. The number of hydrogen-bond donors (Lipinski definition) is 2. The molecule has 0 aromatic carbocycles. The van der Waals surface area contributed by atoms with Crippen molar-refractivity contribution in [3.8, 4) is 0 Å². The van der Waals surface area contributed by atoms with Gasteiger partial charge < -0.3 is 5.73 Å². The van der Waals surface area contributed by atoms with E-state index < -0.39 is 0 Å². The lowest BCUT2D eigenvalue weighted by Gasteiger charge is -2.27. The summed E-state index contributed by atoms with van der Waals surface area (Å²) in [4.78, 5) is 24.9. The topological polar surface area (TPSA) is 80.9 Å². The van der Waals surface area contributed by atoms with Crippen LogP contribution in [0, 0.1) is 0 Å². The van der Waals surface area contributed by atoms with Gasteiger partial charge in [0.05, 0.1) is 0 Å². The number of hydrogen-bond acceptors (Lipinski definition) is 3. The van der Waals surface area contributed by atoms with Gasteiger partial charge in [-0.3, -0.25) is 14.3 Å². The number of nitrogens with one attached hydrogen (secondary N) is 1. The number of rotatable bonds is 2. The Labute approximate surface area is 80.6 Å². The van der Waals surface area contributed by atoms with Crippen LogP contribution in [-0.4, -0.2) is 9.55 Å². The molecular formula is C9H13N3O2. The van der Waals surface area contributed by atoms with Gasteiger partial charge in [0.25, 0.3) is 5.56 Å². The summed E-state index contributed by atoms with van der Waals surface area (Å²) >= 11 is 0. The third-order valence-corrected chi connectivity index (χ3v) is 2.73. The van der Waals surface area contributed by atoms with Gasteiger partial charge in [0.1, 0.15) is 0 Å². The van der Waals surface area contributed by atoms with E-state index in [-0.39, 0.29) is 23.8 Å². The number of aromatic nitrogens is 2. The quantitative estimate of drug-likeness (QED) is 0.681. The fourth-order valence-electron chi connectivity index (χ4n) is 1.61. The Hall–Kier alpha value is -1.36. The molecule has 0 bridgehead atoms. The zero-order valence-electron chi connectivity index (χ0n) is 7.82. The summed E-state index contributed by atoms with van der Waals surface area (Å²) in [6.45, 7) is 0.169. The first-order valence-electron chi connectivity index (χ1n) is 4.77. The molecule has 1 aliphatic carbocycles. The summed E-state index contributed by atoms with van der Waals surface area (Å²) in [5, 5.41) is 0. The fourth-order valence-corrected chi connectivity index (χ4v) is 1.61. The highest BCUT2D eigenvalue weighted by Gasteiger charge is 2.20. The van der Waals surface area contributed by atoms with Crippen LogP contribution >= 0.6 is 0 Å². The van der Waals surface area contributed by atoms with Gasteiger partial charge in [-0.25, -0.2) is 4.79 Å². The first-order chi connectivity index (χ1) is 6.72. The predicted octanol–water partition coefficient (Wildman–Crippen LogP) is -0.280. The molecule has 1 aromatic rings. The van der Waals surface area contributed by atoms with E-state index >= 15 is 0 Å². The van der Waals surface area contributed by atoms with Crippen molar-refractivity contribution in [2.24, 2.45) is 5.73 Å². The highest BCUT2D eigenvalue weighted by Crippen LogP contribution is 2.29. The van der Waals surface area contributed by atoms with E-state index in [1.807, 2.05) is 0 Å². The van der Waals surface area contributed by atoms with Crippen LogP contribution in [0.3, 0.4) is 0 Å². The molecule has 1 heterocycles. The van der Waals surface area contributed by atoms with E-state index in [0.717, 1.165) is 19.3 Å². The summed E-state index contributed by atoms with van der Waals surface area (Å²) in [6, 6.07) is 0.254. The number of nitrogens with zero attached hydrogens (tertiary/aromatic N) is 1. The van der Waals surface area contributed by atoms with E-state index in [1.165, 1.54) is 0 Å². The Morgan fingerprint density at radius 1 is 1.50 bits per heavy atom. The number of nitrogens with two attached hydrogens (primary N) is 1. The molecular weight excluding hydrogens is 182 g/mol. The Morgan fingerprint density at radius 2 is 2.21 bits per heavy atom. The van der Waals surface area contributed by atoms with Crippen LogP contribution in [0.25, 0.3) is 0 Å². The van der Waals surface area contributed by atoms with E-state index in [2.05, 4.69) is 4.98 Å². The second-order valence-corrected chi connectivity index (χ2v) is 3.61. The normalized spacial score (nSPS) is 16.6. The zero-order chi connectivity index (χ0) is 10.1. The highest BCUT2D eigenvalue weighted by molar-refractivity contribution is 5.05. The first kappa shape index (κ1) is 9.21. The molecule has 0 unspecified atom stereocenters. The molecule has 0 spiro atoms. The Morgan fingerprint density at radius 3 is 2.71 bits per heavy atom. The fraction of sp³-hybridized carbons (Fsp3) is 0.556. The highest BCUT2D eigenvalue weighted by atomic mass is 16.2. The first-order valence-corrected chi connectivity index (χ1v) is 4.77. The molecule has 0 amide bonds. The molecule has 0 aliphatic heterocycles. The van der Waals surface area contributed by atoms with Crippen molar-refractivity contribution in [2.45, 2.75) is 31.8 Å². The minimum Gasteiger partial charge on any atom is -0.326 e. The Balaban J connectivity index is 2.49. The summed E-state index contributed by atoms with van der Waals surface area (Å²) < 4.78 is 1.59. The molecule has 1 fully saturated rings. The average molecular weight is 195 g/mol. The minimum absolute atomic E-state index is 0.169. The summed E-state index contributed by atoms with van der Waals surface area (Å²) in [5.74, 6) is 0. The van der Waals surface area contributed by atoms with Gasteiger partial charge in [0.2, 0.25) is 0 Å². The summed E-state index contributed by atoms with van der Waals surface area (Å²) in [7, 11) is 0. The third-order valence-electron chi connectivity index (χ3n) is 2.73. The molecule has 5 heteroatoms. The molecule has 0 saturated heterocycles. The molecule has 5 nitrogen and oxygen atoms in total. The van der Waals surface area contributed by atoms with Crippen LogP contribution in [0.5, 0.6) is 0 Å². The standard InChI is InChI=1S/C9H13N3O2/c10-4-6-5-12(7-2-1-3-7)9(14)11-8(6)13/h5,7H,1-4,10H2,(H,11,13,14). The molecule has 76 valence electrons. The van der Waals surface area contributed by atoms with E-state index in [1.54, 1.807) is 10.8 Å². The van der Waals surface area contributed by atoms with Crippen molar-refractivity contribution in [2.75, 3.05) is 0 Å². The van der Waals surface area contributed by atoms with Gasteiger partial charge in [-0.2, -0.15) is 0 Å². The molecule has 14 heavy (non-hydrogen) atoms. The van der Waals surface area contributed by atoms with Crippen LogP contribution in [0.15, 0.2) is 15.8 Å². The van der Waals surface area contributed by atoms with Crippen LogP contribution in [0.4, 0.5) is 0 Å². The van der Waals surface area contributed by atoms with Gasteiger partial charge >= 0.3 is 5.69 Å². The molecule has 0 atom stereocenters. The van der Waals surface area contributed by atoms with E-state index in [0.29, 0.717) is 5.56 Å². The van der Waals surface area contributed by atoms with Gasteiger partial charge in [-0.15, -0.1) is 0 Å². The van der Waals surface area contributed by atoms with Crippen LogP contribution < -0.4 is 17.0 Å². The Kier molecular flexibility index (Phi) is 2.25. The molecule has 1 aromatic heterocycles. The van der Waals surface area contributed by atoms with Crippen LogP contribution in [-0.2, 0) is 6.54 Å².